The van der Waals surface area contributed by atoms with Crippen LogP contribution in [-0.4, -0.2) is 41.4 Å². The molecule has 9 heteroatoms. The molecule has 3 heterocycles. The van der Waals surface area contributed by atoms with Gasteiger partial charge in [-0.2, -0.15) is 5.10 Å². The van der Waals surface area contributed by atoms with Crippen LogP contribution < -0.4 is 19.7 Å². The molecule has 146 valence electrons. The predicted molar refractivity (Wildman–Crippen MR) is 107 cm³/mol. The summed E-state index contributed by atoms with van der Waals surface area (Å²) < 4.78 is 13.4. The Balaban J connectivity index is 1.45. The number of carbonyl (C=O) groups is 2. The van der Waals surface area contributed by atoms with E-state index >= 15 is 0 Å². The smallest absolute Gasteiger partial charge is 0.231 e. The zero-order valence-electron chi connectivity index (χ0n) is 15.1. The second-order valence-corrected chi connectivity index (χ2v) is 7.41. The van der Waals surface area contributed by atoms with Crippen molar-refractivity contribution in [2.75, 3.05) is 30.0 Å². The summed E-state index contributed by atoms with van der Waals surface area (Å²) in [6.45, 7) is 5.49. The summed E-state index contributed by atoms with van der Waals surface area (Å²) in [5, 5.41) is 7.09. The van der Waals surface area contributed by atoms with Crippen molar-refractivity contribution in [3.63, 3.8) is 0 Å². The zero-order valence-corrected chi connectivity index (χ0v) is 16.6. The number of nitrogens with zero attached hydrogens (tertiary/aromatic N) is 3. The van der Waals surface area contributed by atoms with E-state index < -0.39 is 5.92 Å². The number of anilines is 2. The number of benzene rings is 1. The molecule has 0 aliphatic carbocycles. The van der Waals surface area contributed by atoms with Crippen molar-refractivity contribution in [1.29, 1.82) is 0 Å². The molecule has 1 fully saturated rings. The largest absolute Gasteiger partial charge is 0.486 e. The Labute approximate surface area is 170 Å². The predicted octanol–water partition coefficient (Wildman–Crippen LogP) is 2.59. The Morgan fingerprint density at radius 2 is 2.14 bits per heavy atom. The van der Waals surface area contributed by atoms with E-state index in [4.69, 9.17) is 9.47 Å². The highest BCUT2D eigenvalue weighted by Crippen LogP contribution is 2.36. The third kappa shape index (κ3) is 3.62. The molecule has 0 saturated carbocycles. The van der Waals surface area contributed by atoms with Gasteiger partial charge in [-0.3, -0.25) is 14.3 Å². The number of ether oxygens (including phenoxy) is 2. The third-order valence-corrected chi connectivity index (χ3v) is 5.19. The van der Waals surface area contributed by atoms with Crippen LogP contribution in [0, 0.1) is 5.92 Å². The van der Waals surface area contributed by atoms with Gasteiger partial charge in [0.25, 0.3) is 0 Å². The average molecular weight is 447 g/mol. The summed E-state index contributed by atoms with van der Waals surface area (Å²) in [6.07, 6.45) is 3.62. The Morgan fingerprint density at radius 1 is 1.36 bits per heavy atom. The first-order valence-corrected chi connectivity index (χ1v) is 9.69. The van der Waals surface area contributed by atoms with Crippen molar-refractivity contribution in [3.8, 4) is 11.5 Å². The van der Waals surface area contributed by atoms with E-state index in [-0.39, 0.29) is 18.2 Å². The van der Waals surface area contributed by atoms with Crippen LogP contribution >= 0.6 is 15.9 Å². The SMILES string of the molecule is C=CCn1cc(Br)c(NC(=O)[C@H]2CC(=O)N(c3ccc4c(c3)OCCO4)C2)n1. The van der Waals surface area contributed by atoms with Crippen LogP contribution in [0.15, 0.2) is 41.5 Å². The van der Waals surface area contributed by atoms with Crippen LogP contribution in [0.25, 0.3) is 0 Å². The summed E-state index contributed by atoms with van der Waals surface area (Å²) in [5.41, 5.74) is 0.695. The molecule has 0 bridgehead atoms. The molecule has 2 aliphatic rings. The van der Waals surface area contributed by atoms with Crippen LogP contribution in [0.4, 0.5) is 11.5 Å². The number of halogens is 1. The first-order chi connectivity index (χ1) is 13.5. The fraction of sp³-hybridized carbons (Fsp3) is 0.316. The maximum atomic E-state index is 12.7. The molecule has 1 atom stereocenters. The van der Waals surface area contributed by atoms with Crippen molar-refractivity contribution >= 4 is 39.2 Å². The van der Waals surface area contributed by atoms with Crippen molar-refractivity contribution in [1.82, 2.24) is 9.78 Å². The lowest BCUT2D eigenvalue weighted by Gasteiger charge is -2.22. The lowest BCUT2D eigenvalue weighted by Crippen LogP contribution is -2.28. The number of hydrogen-bond donors (Lipinski definition) is 1. The third-order valence-electron chi connectivity index (χ3n) is 4.61. The van der Waals surface area contributed by atoms with E-state index in [1.54, 1.807) is 40.1 Å². The van der Waals surface area contributed by atoms with Gasteiger partial charge in [0, 0.05) is 30.9 Å². The van der Waals surface area contributed by atoms with Crippen LogP contribution in [0.5, 0.6) is 11.5 Å². The lowest BCUT2D eigenvalue weighted by atomic mass is 10.1. The standard InChI is InChI=1S/C19H19BrN4O4/c1-2-5-23-11-14(20)18(22-23)21-19(26)12-8-17(25)24(10-12)13-3-4-15-16(9-13)28-7-6-27-15/h2-4,9,11-12H,1,5-8,10H2,(H,21,22,26)/t12-/m0/s1. The maximum Gasteiger partial charge on any atom is 0.231 e. The fourth-order valence-electron chi connectivity index (χ4n) is 3.26. The molecule has 0 radical (unpaired) electrons. The molecule has 2 aliphatic heterocycles. The molecule has 1 aromatic carbocycles. The molecule has 8 nitrogen and oxygen atoms in total. The van der Waals surface area contributed by atoms with Crippen molar-refractivity contribution < 1.29 is 19.1 Å². The normalized spacial score (nSPS) is 18.2. The van der Waals surface area contributed by atoms with Crippen LogP contribution in [0.3, 0.4) is 0 Å². The highest BCUT2D eigenvalue weighted by Gasteiger charge is 2.36. The van der Waals surface area contributed by atoms with E-state index in [0.717, 1.165) is 0 Å². The molecular weight excluding hydrogens is 428 g/mol. The monoisotopic (exact) mass is 446 g/mol. The number of fused-ring (bicyclic) bond motifs is 1. The number of aromatic nitrogens is 2. The topological polar surface area (TPSA) is 85.7 Å². The van der Waals surface area contributed by atoms with Gasteiger partial charge in [0.15, 0.2) is 17.3 Å². The van der Waals surface area contributed by atoms with Gasteiger partial charge in [-0.1, -0.05) is 6.08 Å². The van der Waals surface area contributed by atoms with Gasteiger partial charge in [0.1, 0.15) is 13.2 Å². The molecule has 1 aromatic heterocycles. The Bertz CT molecular complexity index is 942. The van der Waals surface area contributed by atoms with Gasteiger partial charge < -0.3 is 19.7 Å². The molecule has 4 rings (SSSR count). The molecule has 2 amide bonds. The molecule has 2 aromatic rings. The first kappa shape index (κ1) is 18.5. The second-order valence-electron chi connectivity index (χ2n) is 6.56. The Kier molecular flexibility index (Phi) is 5.08. The maximum absolute atomic E-state index is 12.7. The van der Waals surface area contributed by atoms with E-state index in [2.05, 4.69) is 32.9 Å². The van der Waals surface area contributed by atoms with Crippen molar-refractivity contribution in [2.24, 2.45) is 5.92 Å². The number of amides is 2. The number of allylic oxidation sites excluding steroid dienone is 1. The average Bonchev–Trinajstić information content (AvgIpc) is 3.24. The van der Waals surface area contributed by atoms with Crippen molar-refractivity contribution in [2.45, 2.75) is 13.0 Å². The fourth-order valence-corrected chi connectivity index (χ4v) is 3.67. The van der Waals surface area contributed by atoms with Gasteiger partial charge in [-0.25, -0.2) is 0 Å². The minimum Gasteiger partial charge on any atom is -0.486 e. The first-order valence-electron chi connectivity index (χ1n) is 8.90. The summed E-state index contributed by atoms with van der Waals surface area (Å²) in [7, 11) is 0. The molecule has 28 heavy (non-hydrogen) atoms. The summed E-state index contributed by atoms with van der Waals surface area (Å²) in [4.78, 5) is 26.8. The zero-order chi connectivity index (χ0) is 19.7. The van der Waals surface area contributed by atoms with E-state index in [0.29, 0.717) is 53.8 Å². The number of nitrogens with one attached hydrogen (secondary N) is 1. The van der Waals surface area contributed by atoms with Crippen LogP contribution in [0.2, 0.25) is 0 Å². The minimum absolute atomic E-state index is 0.104. The van der Waals surface area contributed by atoms with Gasteiger partial charge in [0.2, 0.25) is 11.8 Å². The van der Waals surface area contributed by atoms with E-state index in [1.807, 2.05) is 0 Å². The molecule has 0 spiro atoms. The number of hydrogen-bond acceptors (Lipinski definition) is 5. The van der Waals surface area contributed by atoms with Crippen molar-refractivity contribution in [3.05, 3.63) is 41.5 Å². The second kappa shape index (κ2) is 7.67. The Morgan fingerprint density at radius 3 is 2.93 bits per heavy atom. The molecule has 0 unspecified atom stereocenters. The van der Waals surface area contributed by atoms with Gasteiger partial charge in [-0.15, -0.1) is 6.58 Å². The van der Waals surface area contributed by atoms with Gasteiger partial charge in [0.05, 0.1) is 16.9 Å². The number of rotatable bonds is 5. The summed E-state index contributed by atoms with van der Waals surface area (Å²) in [5.74, 6) is 0.900. The quantitative estimate of drug-likeness (QED) is 0.713. The van der Waals surface area contributed by atoms with E-state index in [1.165, 1.54) is 0 Å². The van der Waals surface area contributed by atoms with Gasteiger partial charge in [-0.05, 0) is 28.1 Å². The van der Waals surface area contributed by atoms with Gasteiger partial charge >= 0.3 is 0 Å². The minimum atomic E-state index is -0.461. The molecule has 1 saturated heterocycles. The Hall–Kier alpha value is -2.81. The van der Waals surface area contributed by atoms with Crippen LogP contribution in [0.1, 0.15) is 6.42 Å². The van der Waals surface area contributed by atoms with Crippen LogP contribution in [-0.2, 0) is 16.1 Å². The number of carbonyl (C=O) groups excluding carboxylic acids is 2. The molecular formula is C19H19BrN4O4. The highest BCUT2D eigenvalue weighted by molar-refractivity contribution is 9.10. The highest BCUT2D eigenvalue weighted by atomic mass is 79.9. The summed E-state index contributed by atoms with van der Waals surface area (Å²) >= 11 is 3.38. The molecule has 1 N–H and O–H groups in total. The van der Waals surface area contributed by atoms with E-state index in [9.17, 15) is 9.59 Å². The summed E-state index contributed by atoms with van der Waals surface area (Å²) in [6, 6.07) is 5.37. The lowest BCUT2D eigenvalue weighted by molar-refractivity contribution is -0.122.